The Kier molecular flexibility index (Phi) is 5.59. The van der Waals surface area contributed by atoms with Crippen molar-refractivity contribution in [3.05, 3.63) is 62.9 Å². The van der Waals surface area contributed by atoms with Gasteiger partial charge in [-0.1, -0.05) is 60.8 Å². The van der Waals surface area contributed by atoms with Crippen LogP contribution in [0.15, 0.2) is 36.4 Å². The van der Waals surface area contributed by atoms with Gasteiger partial charge in [0.1, 0.15) is 5.82 Å². The van der Waals surface area contributed by atoms with E-state index in [1.165, 1.54) is 0 Å². The topological polar surface area (TPSA) is 43.8 Å². The number of hydrogen-bond donors (Lipinski definition) is 1. The highest BCUT2D eigenvalue weighted by Crippen LogP contribution is 2.31. The predicted octanol–water partition coefficient (Wildman–Crippen LogP) is 6.09. The summed E-state index contributed by atoms with van der Waals surface area (Å²) in [4.78, 5) is 4.75. The van der Waals surface area contributed by atoms with E-state index in [9.17, 15) is 0 Å². The van der Waals surface area contributed by atoms with E-state index in [-0.39, 0.29) is 6.04 Å². The molecule has 1 aromatic heterocycles. The fourth-order valence-electron chi connectivity index (χ4n) is 2.97. The summed E-state index contributed by atoms with van der Waals surface area (Å²) in [6, 6.07) is 11.3. The van der Waals surface area contributed by atoms with E-state index >= 15 is 0 Å². The molecule has 0 spiro atoms. The molecular formula is C19H20Cl3N3. The summed E-state index contributed by atoms with van der Waals surface area (Å²) in [5, 5.41) is 1.72. The van der Waals surface area contributed by atoms with Crippen molar-refractivity contribution >= 4 is 45.8 Å². The van der Waals surface area contributed by atoms with E-state index in [1.54, 1.807) is 6.07 Å². The average Bonchev–Trinajstić information content (AvgIpc) is 2.87. The van der Waals surface area contributed by atoms with Gasteiger partial charge in [-0.15, -0.1) is 0 Å². The van der Waals surface area contributed by atoms with Crippen LogP contribution in [-0.2, 0) is 6.54 Å². The highest BCUT2D eigenvalue weighted by molar-refractivity contribution is 6.42. The molecule has 0 aliphatic heterocycles. The van der Waals surface area contributed by atoms with Gasteiger partial charge in [0.15, 0.2) is 0 Å². The van der Waals surface area contributed by atoms with Crippen molar-refractivity contribution in [2.45, 2.75) is 32.9 Å². The molecular weight excluding hydrogens is 377 g/mol. The molecule has 3 rings (SSSR count). The van der Waals surface area contributed by atoms with Gasteiger partial charge in [0.25, 0.3) is 0 Å². The maximum atomic E-state index is 6.44. The third kappa shape index (κ3) is 4.12. The first kappa shape index (κ1) is 18.5. The molecule has 6 heteroatoms. The molecule has 0 unspecified atom stereocenters. The van der Waals surface area contributed by atoms with E-state index < -0.39 is 0 Å². The maximum absolute atomic E-state index is 6.44. The zero-order valence-electron chi connectivity index (χ0n) is 14.1. The Morgan fingerprint density at radius 2 is 1.68 bits per heavy atom. The van der Waals surface area contributed by atoms with Gasteiger partial charge in [-0.2, -0.15) is 0 Å². The van der Waals surface area contributed by atoms with Gasteiger partial charge in [0.05, 0.1) is 27.1 Å². The fraction of sp³-hybridized carbons (Fsp3) is 0.316. The number of imidazole rings is 1. The quantitative estimate of drug-likeness (QED) is 0.567. The first-order valence-corrected chi connectivity index (χ1v) is 9.33. The molecule has 0 saturated carbocycles. The average molecular weight is 397 g/mol. The van der Waals surface area contributed by atoms with Crippen LogP contribution >= 0.6 is 34.8 Å². The van der Waals surface area contributed by atoms with Crippen LogP contribution in [0.3, 0.4) is 0 Å². The van der Waals surface area contributed by atoms with Gasteiger partial charge in [0.2, 0.25) is 0 Å². The van der Waals surface area contributed by atoms with E-state index in [1.807, 2.05) is 30.3 Å². The highest BCUT2D eigenvalue weighted by Gasteiger charge is 2.19. The lowest BCUT2D eigenvalue weighted by atomic mass is 10.0. The van der Waals surface area contributed by atoms with Crippen LogP contribution < -0.4 is 5.73 Å². The Bertz CT molecular complexity index is 885. The number of nitrogens with two attached hydrogens (primary N) is 1. The second-order valence-corrected chi connectivity index (χ2v) is 7.92. The van der Waals surface area contributed by atoms with Crippen LogP contribution in [0.1, 0.15) is 37.7 Å². The van der Waals surface area contributed by atoms with Crippen molar-refractivity contribution in [1.82, 2.24) is 9.55 Å². The van der Waals surface area contributed by atoms with Crippen LogP contribution in [0, 0.1) is 5.92 Å². The standard InChI is InChI=1S/C19H20Cl3N3/c1-11(2)7-16(23)19-24-17-8-14(21)15(22)9-18(17)25(19)10-12-3-5-13(20)6-4-12/h3-6,8-9,11,16H,7,10,23H2,1-2H3/t16-/m0/s1. The second kappa shape index (κ2) is 7.55. The number of hydrogen-bond acceptors (Lipinski definition) is 2. The van der Waals surface area contributed by atoms with Crippen molar-refractivity contribution in [3.63, 3.8) is 0 Å². The van der Waals surface area contributed by atoms with E-state index in [0.29, 0.717) is 27.5 Å². The molecule has 0 amide bonds. The minimum Gasteiger partial charge on any atom is -0.322 e. The highest BCUT2D eigenvalue weighted by atomic mass is 35.5. The van der Waals surface area contributed by atoms with Crippen LogP contribution in [0.4, 0.5) is 0 Å². The first-order chi connectivity index (χ1) is 11.8. The molecule has 3 nitrogen and oxygen atoms in total. The summed E-state index contributed by atoms with van der Waals surface area (Å²) in [6.07, 6.45) is 0.853. The minimum atomic E-state index is -0.155. The Labute approximate surface area is 162 Å². The molecule has 0 saturated heterocycles. The SMILES string of the molecule is CC(C)C[C@H](N)c1nc2cc(Cl)c(Cl)cc2n1Cc1ccc(Cl)cc1. The lowest BCUT2D eigenvalue weighted by Crippen LogP contribution is -2.19. The Morgan fingerprint density at radius 3 is 2.32 bits per heavy atom. The minimum absolute atomic E-state index is 0.155. The largest absolute Gasteiger partial charge is 0.322 e. The van der Waals surface area contributed by atoms with Gasteiger partial charge in [-0.3, -0.25) is 0 Å². The third-order valence-electron chi connectivity index (χ3n) is 4.13. The van der Waals surface area contributed by atoms with Crippen LogP contribution in [-0.4, -0.2) is 9.55 Å². The molecule has 2 aromatic carbocycles. The molecule has 0 radical (unpaired) electrons. The zero-order valence-corrected chi connectivity index (χ0v) is 16.4. The van der Waals surface area contributed by atoms with E-state index in [0.717, 1.165) is 28.8 Å². The fourth-order valence-corrected chi connectivity index (χ4v) is 3.42. The Balaban J connectivity index is 2.11. The van der Waals surface area contributed by atoms with Crippen molar-refractivity contribution in [3.8, 4) is 0 Å². The van der Waals surface area contributed by atoms with Crippen molar-refractivity contribution < 1.29 is 0 Å². The molecule has 1 heterocycles. The summed E-state index contributed by atoms with van der Waals surface area (Å²) in [6.45, 7) is 4.95. The first-order valence-electron chi connectivity index (χ1n) is 8.20. The summed E-state index contributed by atoms with van der Waals surface area (Å²) in [5.41, 5.74) is 9.29. The van der Waals surface area contributed by atoms with Gasteiger partial charge < -0.3 is 10.3 Å². The smallest absolute Gasteiger partial charge is 0.127 e. The lowest BCUT2D eigenvalue weighted by Gasteiger charge is -2.16. The molecule has 0 aliphatic carbocycles. The lowest BCUT2D eigenvalue weighted by molar-refractivity contribution is 0.481. The summed E-state index contributed by atoms with van der Waals surface area (Å²) < 4.78 is 2.12. The number of halogens is 3. The molecule has 1 atom stereocenters. The van der Waals surface area contributed by atoms with Crippen molar-refractivity contribution in [2.24, 2.45) is 11.7 Å². The Hall–Kier alpha value is -1.26. The Morgan fingerprint density at radius 1 is 1.04 bits per heavy atom. The predicted molar refractivity (Wildman–Crippen MR) is 107 cm³/mol. The molecule has 25 heavy (non-hydrogen) atoms. The van der Waals surface area contributed by atoms with Gasteiger partial charge in [-0.05, 0) is 42.2 Å². The number of rotatable bonds is 5. The van der Waals surface area contributed by atoms with Gasteiger partial charge >= 0.3 is 0 Å². The molecule has 132 valence electrons. The summed E-state index contributed by atoms with van der Waals surface area (Å²) in [5.74, 6) is 1.32. The van der Waals surface area contributed by atoms with E-state index in [2.05, 4.69) is 18.4 Å². The number of nitrogens with zero attached hydrogens (tertiary/aromatic N) is 2. The molecule has 0 fully saturated rings. The molecule has 0 aliphatic rings. The molecule has 3 aromatic rings. The number of benzene rings is 2. The van der Waals surface area contributed by atoms with E-state index in [4.69, 9.17) is 45.5 Å². The second-order valence-electron chi connectivity index (χ2n) is 6.67. The zero-order chi connectivity index (χ0) is 18.1. The number of aromatic nitrogens is 2. The van der Waals surface area contributed by atoms with Gasteiger partial charge in [0, 0.05) is 11.6 Å². The summed E-state index contributed by atoms with van der Waals surface area (Å²) in [7, 11) is 0. The monoisotopic (exact) mass is 395 g/mol. The number of fused-ring (bicyclic) bond motifs is 1. The normalized spacial score (nSPS) is 12.9. The van der Waals surface area contributed by atoms with Crippen LogP contribution in [0.2, 0.25) is 15.1 Å². The third-order valence-corrected chi connectivity index (χ3v) is 5.10. The molecule has 2 N–H and O–H groups in total. The maximum Gasteiger partial charge on any atom is 0.127 e. The van der Waals surface area contributed by atoms with Crippen molar-refractivity contribution in [2.75, 3.05) is 0 Å². The van der Waals surface area contributed by atoms with Gasteiger partial charge in [-0.25, -0.2) is 4.98 Å². The van der Waals surface area contributed by atoms with Crippen molar-refractivity contribution in [1.29, 1.82) is 0 Å². The molecule has 0 bridgehead atoms. The van der Waals surface area contributed by atoms with Crippen LogP contribution in [0.5, 0.6) is 0 Å². The van der Waals surface area contributed by atoms with Crippen LogP contribution in [0.25, 0.3) is 11.0 Å². The summed E-state index contributed by atoms with van der Waals surface area (Å²) >= 11 is 18.4.